The molecule has 0 aromatic heterocycles. The number of fused-ring (bicyclic) bond motifs is 2. The molecular weight excluding hydrogens is 569 g/mol. The van der Waals surface area contributed by atoms with Crippen LogP contribution in [0.1, 0.15) is 0 Å². The zero-order chi connectivity index (χ0) is 31.4. The van der Waals surface area contributed by atoms with Crippen LogP contribution in [0.2, 0.25) is 0 Å². The molecule has 0 aliphatic heterocycles. The van der Waals surface area contributed by atoms with E-state index < -0.39 is 0 Å². The molecule has 2 aliphatic rings. The molecular formula is C45H34N2. The van der Waals surface area contributed by atoms with Gasteiger partial charge in [-0.2, -0.15) is 0 Å². The lowest BCUT2D eigenvalue weighted by atomic mass is 9.99. The largest absolute Gasteiger partial charge is 0.313 e. The van der Waals surface area contributed by atoms with E-state index in [1.165, 1.54) is 33.2 Å². The summed E-state index contributed by atoms with van der Waals surface area (Å²) >= 11 is 0. The van der Waals surface area contributed by atoms with Gasteiger partial charge >= 0.3 is 0 Å². The van der Waals surface area contributed by atoms with Gasteiger partial charge in [-0.3, -0.25) is 0 Å². The van der Waals surface area contributed by atoms with Crippen LogP contribution in [-0.2, 0) is 0 Å². The zero-order valence-electron chi connectivity index (χ0n) is 26.0. The Balaban J connectivity index is 1.14. The van der Waals surface area contributed by atoms with Gasteiger partial charge in [0.2, 0.25) is 0 Å². The second-order valence-electron chi connectivity index (χ2n) is 11.8. The van der Waals surface area contributed by atoms with Crippen molar-refractivity contribution in [3.05, 3.63) is 212 Å². The smallest absolute Gasteiger partial charge is 0.0540 e. The van der Waals surface area contributed by atoms with Gasteiger partial charge in [0, 0.05) is 39.8 Å². The predicted molar refractivity (Wildman–Crippen MR) is 200 cm³/mol. The number of para-hydroxylation sites is 2. The van der Waals surface area contributed by atoms with Crippen molar-refractivity contribution in [2.24, 2.45) is 5.92 Å². The Kier molecular flexibility index (Phi) is 7.67. The number of rotatable bonds is 7. The number of anilines is 5. The third kappa shape index (κ3) is 5.74. The minimum atomic E-state index is 0.164. The fraction of sp³-hybridized carbons (Fsp3) is 0.0222. The Morgan fingerprint density at radius 1 is 0.426 bits per heavy atom. The molecule has 0 saturated carbocycles. The summed E-state index contributed by atoms with van der Waals surface area (Å²) in [5.74, 6) is 0.164. The minimum Gasteiger partial charge on any atom is -0.313 e. The van der Waals surface area contributed by atoms with Gasteiger partial charge < -0.3 is 9.80 Å². The van der Waals surface area contributed by atoms with Crippen molar-refractivity contribution in [2.45, 2.75) is 0 Å². The molecule has 2 nitrogen and oxygen atoms in total. The highest BCUT2D eigenvalue weighted by molar-refractivity contribution is 5.99. The van der Waals surface area contributed by atoms with Gasteiger partial charge in [0.05, 0.1) is 5.69 Å². The molecule has 6 aromatic rings. The van der Waals surface area contributed by atoms with Crippen LogP contribution in [0.4, 0.5) is 28.4 Å². The lowest BCUT2D eigenvalue weighted by Gasteiger charge is -2.30. The van der Waals surface area contributed by atoms with Crippen LogP contribution in [0.5, 0.6) is 0 Å². The Labute approximate surface area is 276 Å². The molecule has 1 unspecified atom stereocenters. The third-order valence-electron chi connectivity index (χ3n) is 8.87. The van der Waals surface area contributed by atoms with Crippen molar-refractivity contribution >= 4 is 39.2 Å². The first-order chi connectivity index (χ1) is 23.3. The topological polar surface area (TPSA) is 6.48 Å². The van der Waals surface area contributed by atoms with E-state index in [1.807, 2.05) is 0 Å². The van der Waals surface area contributed by atoms with Crippen LogP contribution in [0, 0.1) is 5.92 Å². The lowest BCUT2D eigenvalue weighted by Crippen LogP contribution is -2.21. The van der Waals surface area contributed by atoms with Crippen LogP contribution in [0.3, 0.4) is 0 Å². The molecule has 8 rings (SSSR count). The highest BCUT2D eigenvalue weighted by atomic mass is 15.2. The van der Waals surface area contributed by atoms with E-state index >= 15 is 0 Å². The van der Waals surface area contributed by atoms with Crippen LogP contribution in [0.25, 0.3) is 21.9 Å². The maximum Gasteiger partial charge on any atom is 0.0540 e. The van der Waals surface area contributed by atoms with Crippen molar-refractivity contribution in [2.75, 3.05) is 9.80 Å². The zero-order valence-corrected chi connectivity index (χ0v) is 26.0. The van der Waals surface area contributed by atoms with Gasteiger partial charge in [0.1, 0.15) is 0 Å². The van der Waals surface area contributed by atoms with Crippen LogP contribution in [0.15, 0.2) is 212 Å². The molecule has 0 N–H and O–H groups in total. The number of hydrogen-bond acceptors (Lipinski definition) is 2. The van der Waals surface area contributed by atoms with Gasteiger partial charge in [-0.05, 0) is 82.8 Å². The molecule has 47 heavy (non-hydrogen) atoms. The van der Waals surface area contributed by atoms with Crippen molar-refractivity contribution in [3.8, 4) is 11.1 Å². The van der Waals surface area contributed by atoms with Crippen molar-refractivity contribution in [1.82, 2.24) is 0 Å². The second kappa shape index (κ2) is 12.7. The van der Waals surface area contributed by atoms with Gasteiger partial charge in [-0.15, -0.1) is 0 Å². The number of hydrogen-bond donors (Lipinski definition) is 0. The number of allylic oxidation sites excluding steroid dienone is 8. The molecule has 2 bridgehead atoms. The Bertz CT molecular complexity index is 2160. The minimum absolute atomic E-state index is 0.164. The van der Waals surface area contributed by atoms with Crippen molar-refractivity contribution in [3.63, 3.8) is 0 Å². The Morgan fingerprint density at radius 2 is 0.979 bits per heavy atom. The van der Waals surface area contributed by atoms with Gasteiger partial charge in [-0.1, -0.05) is 140 Å². The summed E-state index contributed by atoms with van der Waals surface area (Å²) in [6.07, 6.45) is 17.6. The van der Waals surface area contributed by atoms with E-state index in [0.717, 1.165) is 28.4 Å². The molecule has 2 aliphatic carbocycles. The number of nitrogens with zero attached hydrogens (tertiary/aromatic N) is 2. The third-order valence-corrected chi connectivity index (χ3v) is 8.87. The fourth-order valence-electron chi connectivity index (χ4n) is 6.59. The molecule has 0 radical (unpaired) electrons. The standard InChI is InChI=1S/C45H34N2/c1-3-18-39(19-4-1)46(44-23-11-14-34-13-7-8-16-38(44)33-34)41-29-25-35(26-30-41)36-27-31-42(32-28-36)47(40-20-5-2-6-21-40)45-24-12-17-37-15-9-10-22-43(37)45/h1-33,38H. The first kappa shape index (κ1) is 28.4. The first-order valence-electron chi connectivity index (χ1n) is 16.2. The van der Waals surface area contributed by atoms with Gasteiger partial charge in [-0.25, -0.2) is 0 Å². The van der Waals surface area contributed by atoms with Gasteiger partial charge in [0.25, 0.3) is 0 Å². The summed E-state index contributed by atoms with van der Waals surface area (Å²) in [4.78, 5) is 4.72. The van der Waals surface area contributed by atoms with Crippen LogP contribution >= 0.6 is 0 Å². The number of benzene rings is 6. The van der Waals surface area contributed by atoms with Crippen molar-refractivity contribution in [1.29, 1.82) is 0 Å². The molecule has 0 amide bonds. The Morgan fingerprint density at radius 3 is 1.68 bits per heavy atom. The maximum atomic E-state index is 2.37. The van der Waals surface area contributed by atoms with E-state index in [2.05, 4.69) is 210 Å². The van der Waals surface area contributed by atoms with E-state index in [-0.39, 0.29) is 5.92 Å². The summed E-state index contributed by atoms with van der Waals surface area (Å²) < 4.78 is 0. The summed E-state index contributed by atoms with van der Waals surface area (Å²) in [5, 5.41) is 2.45. The summed E-state index contributed by atoms with van der Waals surface area (Å²) in [6.45, 7) is 0. The lowest BCUT2D eigenvalue weighted by molar-refractivity contribution is 0.914. The van der Waals surface area contributed by atoms with Gasteiger partial charge in [0.15, 0.2) is 0 Å². The molecule has 0 fully saturated rings. The van der Waals surface area contributed by atoms with Crippen LogP contribution < -0.4 is 9.80 Å². The highest BCUT2D eigenvalue weighted by Crippen LogP contribution is 2.40. The molecule has 2 heteroatoms. The predicted octanol–water partition coefficient (Wildman–Crippen LogP) is 12.2. The monoisotopic (exact) mass is 602 g/mol. The Hall–Kier alpha value is -6.12. The molecule has 0 saturated heterocycles. The molecule has 6 aromatic carbocycles. The average molecular weight is 603 g/mol. The molecule has 224 valence electrons. The van der Waals surface area contributed by atoms with E-state index in [4.69, 9.17) is 0 Å². The second-order valence-corrected chi connectivity index (χ2v) is 11.8. The molecule has 0 spiro atoms. The molecule has 0 heterocycles. The normalized spacial score (nSPS) is 15.0. The SMILES string of the molecule is C1=CC2=CC(C=C1)C(N(c1ccccc1)c1ccc(-c3ccc(N(c4ccccc4)c4cccc5ccccc45)cc3)cc1)=CC=C2. The molecule has 1 atom stereocenters. The van der Waals surface area contributed by atoms with Crippen molar-refractivity contribution < 1.29 is 0 Å². The van der Waals surface area contributed by atoms with E-state index in [1.54, 1.807) is 0 Å². The summed E-state index contributed by atoms with van der Waals surface area (Å²) in [5.41, 5.74) is 10.5. The maximum absolute atomic E-state index is 2.37. The average Bonchev–Trinajstić information content (AvgIpc) is 3.50. The van der Waals surface area contributed by atoms with Crippen LogP contribution in [-0.4, -0.2) is 0 Å². The fourth-order valence-corrected chi connectivity index (χ4v) is 6.59. The first-order valence-corrected chi connectivity index (χ1v) is 16.2. The quantitative estimate of drug-likeness (QED) is 0.179. The summed E-state index contributed by atoms with van der Waals surface area (Å²) in [7, 11) is 0. The summed E-state index contributed by atoms with van der Waals surface area (Å²) in [6, 6.07) is 54.2. The highest BCUT2D eigenvalue weighted by Gasteiger charge is 2.22. The van der Waals surface area contributed by atoms with E-state index in [9.17, 15) is 0 Å². The van der Waals surface area contributed by atoms with E-state index in [0.29, 0.717) is 0 Å².